The lowest BCUT2D eigenvalue weighted by molar-refractivity contribution is -0.152. The third kappa shape index (κ3) is 9.51. The highest BCUT2D eigenvalue weighted by Crippen LogP contribution is 2.15. The molecule has 0 radical (unpaired) electrons. The minimum atomic E-state index is -1.06. The van der Waals surface area contributed by atoms with Gasteiger partial charge in [0.15, 0.2) is 0 Å². The van der Waals surface area contributed by atoms with Crippen LogP contribution in [0, 0.1) is 5.82 Å². The van der Waals surface area contributed by atoms with E-state index in [1.165, 1.54) is 37.0 Å². The molecule has 2 aromatic rings. The van der Waals surface area contributed by atoms with Gasteiger partial charge < -0.3 is 30.3 Å². The van der Waals surface area contributed by atoms with Crippen LogP contribution >= 0.6 is 0 Å². The van der Waals surface area contributed by atoms with Crippen molar-refractivity contribution >= 4 is 17.7 Å². The Kier molecular flexibility index (Phi) is 11.8. The van der Waals surface area contributed by atoms with Crippen LogP contribution in [0.5, 0.6) is 0 Å². The number of hydrogen-bond acceptors (Lipinski definition) is 6. The molecule has 3 N–H and O–H groups in total. The lowest BCUT2D eigenvalue weighted by Crippen LogP contribution is -2.57. The molecule has 3 amide bonds. The van der Waals surface area contributed by atoms with E-state index in [1.54, 1.807) is 32.0 Å². The zero-order valence-corrected chi connectivity index (χ0v) is 22.8. The maximum atomic E-state index is 14.4. The third-order valence-corrected chi connectivity index (χ3v) is 5.97. The lowest BCUT2D eigenvalue weighted by atomic mass is 10.0. The van der Waals surface area contributed by atoms with Gasteiger partial charge in [0.25, 0.3) is 0 Å². The van der Waals surface area contributed by atoms with Gasteiger partial charge in [-0.25, -0.2) is 4.39 Å². The lowest BCUT2D eigenvalue weighted by Gasteiger charge is -2.34. The molecule has 0 saturated heterocycles. The SMILES string of the molecule is CNC(=O)[C@@H](Cc1ccccc1F)N(C)C(=O)[C@@H](COCc1ccccc1)N(C)C(=O)COCC(C)(C)N. The first-order valence-corrected chi connectivity index (χ1v) is 12.4. The van der Waals surface area contributed by atoms with E-state index in [4.69, 9.17) is 15.2 Å². The summed E-state index contributed by atoms with van der Waals surface area (Å²) >= 11 is 0. The van der Waals surface area contributed by atoms with E-state index in [0.717, 1.165) is 5.56 Å². The number of halogens is 1. The van der Waals surface area contributed by atoms with Gasteiger partial charge in [0, 0.05) is 33.1 Å². The molecule has 0 spiro atoms. The summed E-state index contributed by atoms with van der Waals surface area (Å²) in [6, 6.07) is 13.4. The Hall–Kier alpha value is -3.34. The van der Waals surface area contributed by atoms with Crippen molar-refractivity contribution in [2.45, 2.75) is 44.5 Å². The van der Waals surface area contributed by atoms with E-state index in [0.29, 0.717) is 5.56 Å². The maximum Gasteiger partial charge on any atom is 0.249 e. The predicted molar refractivity (Wildman–Crippen MR) is 142 cm³/mol. The summed E-state index contributed by atoms with van der Waals surface area (Å²) in [5.74, 6) is -1.92. The zero-order valence-electron chi connectivity index (χ0n) is 22.8. The van der Waals surface area contributed by atoms with Crippen molar-refractivity contribution < 1.29 is 28.2 Å². The highest BCUT2D eigenvalue weighted by molar-refractivity contribution is 5.92. The fourth-order valence-electron chi connectivity index (χ4n) is 3.72. The summed E-state index contributed by atoms with van der Waals surface area (Å²) in [5, 5.41) is 2.54. The Balaban J connectivity index is 2.24. The van der Waals surface area contributed by atoms with Gasteiger partial charge in [-0.1, -0.05) is 48.5 Å². The van der Waals surface area contributed by atoms with Gasteiger partial charge in [0.1, 0.15) is 24.5 Å². The van der Waals surface area contributed by atoms with E-state index in [-0.39, 0.29) is 32.8 Å². The summed E-state index contributed by atoms with van der Waals surface area (Å²) in [6.45, 7) is 3.52. The average molecular weight is 531 g/mol. The second-order valence-corrected chi connectivity index (χ2v) is 9.88. The summed E-state index contributed by atoms with van der Waals surface area (Å²) in [6.07, 6.45) is -0.0431. The van der Waals surface area contributed by atoms with Gasteiger partial charge in [0.2, 0.25) is 17.7 Å². The van der Waals surface area contributed by atoms with Crippen LogP contribution in [0.25, 0.3) is 0 Å². The smallest absolute Gasteiger partial charge is 0.249 e. The van der Waals surface area contributed by atoms with E-state index in [1.807, 2.05) is 30.3 Å². The Bertz CT molecular complexity index is 1060. The van der Waals surface area contributed by atoms with Crippen LogP contribution in [0.4, 0.5) is 4.39 Å². The molecule has 2 rings (SSSR count). The first-order chi connectivity index (χ1) is 17.9. The molecule has 0 fully saturated rings. The molecule has 38 heavy (non-hydrogen) atoms. The highest BCUT2D eigenvalue weighted by Gasteiger charge is 2.35. The number of carbonyl (C=O) groups excluding carboxylic acids is 3. The molecule has 0 aromatic heterocycles. The maximum absolute atomic E-state index is 14.4. The molecule has 2 atom stereocenters. The minimum Gasteiger partial charge on any atom is -0.374 e. The molecule has 0 heterocycles. The number of nitrogens with two attached hydrogens (primary N) is 1. The van der Waals surface area contributed by atoms with Crippen LogP contribution in [-0.2, 0) is 36.9 Å². The molecular formula is C28H39FN4O5. The average Bonchev–Trinajstić information content (AvgIpc) is 2.89. The number of benzene rings is 2. The van der Waals surface area contributed by atoms with Crippen LogP contribution < -0.4 is 11.1 Å². The van der Waals surface area contributed by atoms with E-state index >= 15 is 0 Å². The summed E-state index contributed by atoms with van der Waals surface area (Å²) < 4.78 is 25.7. The van der Waals surface area contributed by atoms with E-state index in [9.17, 15) is 18.8 Å². The minimum absolute atomic E-state index is 0.0431. The quantitative estimate of drug-likeness (QED) is 0.385. The highest BCUT2D eigenvalue weighted by atomic mass is 19.1. The summed E-state index contributed by atoms with van der Waals surface area (Å²) in [4.78, 5) is 41.9. The molecule has 208 valence electrons. The van der Waals surface area contributed by atoms with Crippen LogP contribution in [0.15, 0.2) is 54.6 Å². The monoisotopic (exact) mass is 530 g/mol. The topological polar surface area (TPSA) is 114 Å². The Morgan fingerprint density at radius 2 is 1.61 bits per heavy atom. The van der Waals surface area contributed by atoms with Crippen molar-refractivity contribution in [2.75, 3.05) is 41.0 Å². The van der Waals surface area contributed by atoms with Crippen LogP contribution in [0.1, 0.15) is 25.0 Å². The molecule has 2 aromatic carbocycles. The van der Waals surface area contributed by atoms with Gasteiger partial charge in [-0.3, -0.25) is 14.4 Å². The van der Waals surface area contributed by atoms with Crippen molar-refractivity contribution in [3.63, 3.8) is 0 Å². The van der Waals surface area contributed by atoms with Crippen LogP contribution in [0.2, 0.25) is 0 Å². The molecule has 0 aliphatic rings. The number of likely N-dealkylation sites (N-methyl/N-ethyl adjacent to an activating group) is 3. The molecule has 0 bridgehead atoms. The standard InChI is InChI=1S/C28H39FN4O5/c1-28(2,30)19-38-18-25(34)32(4)24(17-37-16-20-11-7-6-8-12-20)27(36)33(5)23(26(35)31-3)15-21-13-9-10-14-22(21)29/h6-14,23-24H,15-19,30H2,1-5H3,(H,31,35)/t23-,24-/m1/s1. The molecule has 10 heteroatoms. The van der Waals surface area contributed by atoms with E-state index < -0.39 is 41.2 Å². The van der Waals surface area contributed by atoms with Gasteiger partial charge in [-0.15, -0.1) is 0 Å². The first-order valence-electron chi connectivity index (χ1n) is 12.4. The van der Waals surface area contributed by atoms with Crippen molar-refractivity contribution in [3.05, 3.63) is 71.5 Å². The van der Waals surface area contributed by atoms with Crippen LogP contribution in [-0.4, -0.2) is 86.1 Å². The predicted octanol–water partition coefficient (Wildman–Crippen LogP) is 1.74. The molecule has 0 saturated carbocycles. The summed E-state index contributed by atoms with van der Waals surface area (Å²) in [5.41, 5.74) is 6.49. The van der Waals surface area contributed by atoms with Gasteiger partial charge in [-0.2, -0.15) is 0 Å². The number of rotatable bonds is 14. The zero-order chi connectivity index (χ0) is 28.3. The van der Waals surface area contributed by atoms with Crippen molar-refractivity contribution in [3.8, 4) is 0 Å². The van der Waals surface area contributed by atoms with Gasteiger partial charge in [0.05, 0.1) is 19.8 Å². The van der Waals surface area contributed by atoms with E-state index in [2.05, 4.69) is 5.32 Å². The largest absolute Gasteiger partial charge is 0.374 e. The third-order valence-electron chi connectivity index (χ3n) is 5.97. The normalized spacial score (nSPS) is 12.9. The number of amides is 3. The Labute approximate surface area is 224 Å². The van der Waals surface area contributed by atoms with Crippen LogP contribution in [0.3, 0.4) is 0 Å². The molecular weight excluding hydrogens is 491 g/mol. The van der Waals surface area contributed by atoms with Crippen molar-refractivity contribution in [1.82, 2.24) is 15.1 Å². The first kappa shape index (κ1) is 30.9. The molecule has 0 aliphatic carbocycles. The Morgan fingerprint density at radius 1 is 0.974 bits per heavy atom. The fraction of sp³-hybridized carbons (Fsp3) is 0.464. The number of nitrogens with one attached hydrogen (secondary N) is 1. The van der Waals surface area contributed by atoms with Crippen molar-refractivity contribution in [1.29, 1.82) is 0 Å². The number of nitrogens with zero attached hydrogens (tertiary/aromatic N) is 2. The fourth-order valence-corrected chi connectivity index (χ4v) is 3.72. The summed E-state index contributed by atoms with van der Waals surface area (Å²) in [7, 11) is 4.38. The molecule has 0 aliphatic heterocycles. The number of carbonyl (C=O) groups is 3. The van der Waals surface area contributed by atoms with Gasteiger partial charge >= 0.3 is 0 Å². The number of hydrogen-bond donors (Lipinski definition) is 2. The van der Waals surface area contributed by atoms with Gasteiger partial charge in [-0.05, 0) is 31.0 Å². The number of ether oxygens (including phenoxy) is 2. The second-order valence-electron chi connectivity index (χ2n) is 9.88. The van der Waals surface area contributed by atoms with Crippen molar-refractivity contribution in [2.24, 2.45) is 5.73 Å². The Morgan fingerprint density at radius 3 is 2.21 bits per heavy atom. The molecule has 0 unspecified atom stereocenters. The molecule has 9 nitrogen and oxygen atoms in total. The second kappa shape index (κ2) is 14.6.